The first-order valence-corrected chi connectivity index (χ1v) is 5.86. The van der Waals surface area contributed by atoms with Crippen LogP contribution in [0.5, 0.6) is 5.75 Å². The van der Waals surface area contributed by atoms with Gasteiger partial charge in [-0.3, -0.25) is 0 Å². The molecule has 16 heavy (non-hydrogen) atoms. The van der Waals surface area contributed by atoms with Gasteiger partial charge in [0, 0.05) is 3.57 Å². The second kappa shape index (κ2) is 5.12. The number of carbonyl (C=O) groups excluding carboxylic acids is 1. The Balaban J connectivity index is 2.11. The summed E-state index contributed by atoms with van der Waals surface area (Å²) < 4.78 is 6.32. The first-order chi connectivity index (χ1) is 7.75. The Hall–Kier alpha value is -1.36. The van der Waals surface area contributed by atoms with Crippen LogP contribution in [0.3, 0.4) is 0 Å². The van der Waals surface area contributed by atoms with Crippen LogP contribution in [0.4, 0.5) is 0 Å². The summed E-state index contributed by atoms with van der Waals surface area (Å²) in [6.07, 6.45) is 0. The summed E-state index contributed by atoms with van der Waals surface area (Å²) in [4.78, 5) is 11.7. The average molecular weight is 324 g/mol. The lowest BCUT2D eigenvalue weighted by Crippen LogP contribution is -2.07. The lowest BCUT2D eigenvalue weighted by atomic mass is 10.2. The summed E-state index contributed by atoms with van der Waals surface area (Å²) in [6, 6.07) is 16.3. The van der Waals surface area contributed by atoms with Crippen molar-refractivity contribution in [3.8, 4) is 5.75 Å². The zero-order valence-corrected chi connectivity index (χ0v) is 10.5. The van der Waals surface area contributed by atoms with E-state index in [4.69, 9.17) is 4.74 Å². The highest BCUT2D eigenvalue weighted by atomic mass is 127. The van der Waals surface area contributed by atoms with E-state index in [1.54, 1.807) is 24.3 Å². The molecule has 0 amide bonds. The largest absolute Gasteiger partial charge is 0.423 e. The maximum Gasteiger partial charge on any atom is 0.343 e. The van der Waals surface area contributed by atoms with Crippen molar-refractivity contribution in [3.63, 3.8) is 0 Å². The lowest BCUT2D eigenvalue weighted by Gasteiger charge is -2.03. The number of carbonyl (C=O) groups is 1. The second-order valence-electron chi connectivity index (χ2n) is 3.21. The third-order valence-corrected chi connectivity index (χ3v) is 2.75. The Labute approximate surface area is 107 Å². The summed E-state index contributed by atoms with van der Waals surface area (Å²) >= 11 is 2.20. The van der Waals surface area contributed by atoms with E-state index in [0.717, 1.165) is 3.57 Å². The molecule has 0 spiro atoms. The summed E-state index contributed by atoms with van der Waals surface area (Å²) in [5.41, 5.74) is 0.557. The minimum atomic E-state index is -0.332. The molecule has 2 nitrogen and oxygen atoms in total. The predicted molar refractivity (Wildman–Crippen MR) is 70.6 cm³/mol. The van der Waals surface area contributed by atoms with Crippen molar-refractivity contribution in [1.82, 2.24) is 0 Å². The summed E-state index contributed by atoms with van der Waals surface area (Å²) in [5.74, 6) is 0.232. The minimum Gasteiger partial charge on any atom is -0.423 e. The van der Waals surface area contributed by atoms with Crippen LogP contribution in [0.1, 0.15) is 10.4 Å². The van der Waals surface area contributed by atoms with Crippen LogP contribution in [-0.2, 0) is 0 Å². The number of rotatable bonds is 2. The molecule has 0 bridgehead atoms. The highest BCUT2D eigenvalue weighted by Gasteiger charge is 2.06. The Bertz CT molecular complexity index is 477. The van der Waals surface area contributed by atoms with E-state index in [9.17, 15) is 4.79 Å². The first-order valence-electron chi connectivity index (χ1n) is 4.78. The number of ether oxygens (including phenoxy) is 1. The number of hydrogen-bond donors (Lipinski definition) is 0. The summed E-state index contributed by atoms with van der Waals surface area (Å²) in [7, 11) is 0. The van der Waals surface area contributed by atoms with E-state index in [-0.39, 0.29) is 5.97 Å². The molecule has 0 saturated heterocycles. The molecule has 0 N–H and O–H groups in total. The van der Waals surface area contributed by atoms with Crippen molar-refractivity contribution in [2.24, 2.45) is 0 Å². The van der Waals surface area contributed by atoms with Gasteiger partial charge >= 0.3 is 5.97 Å². The second-order valence-corrected chi connectivity index (χ2v) is 4.46. The number of benzene rings is 2. The van der Waals surface area contributed by atoms with Gasteiger partial charge in [-0.15, -0.1) is 0 Å². The van der Waals surface area contributed by atoms with Crippen molar-refractivity contribution in [1.29, 1.82) is 0 Å². The van der Waals surface area contributed by atoms with E-state index in [0.29, 0.717) is 11.3 Å². The van der Waals surface area contributed by atoms with E-state index in [2.05, 4.69) is 22.6 Å². The molecule has 0 fully saturated rings. The minimum absolute atomic E-state index is 0.332. The smallest absolute Gasteiger partial charge is 0.343 e. The fraction of sp³-hybridized carbons (Fsp3) is 0. The molecule has 0 unspecified atom stereocenters. The molecule has 0 aliphatic rings. The quantitative estimate of drug-likeness (QED) is 0.480. The fourth-order valence-electron chi connectivity index (χ4n) is 1.24. The molecular formula is C13H9IO2. The number of halogens is 1. The Kier molecular flexibility index (Phi) is 3.56. The molecule has 0 atom stereocenters. The topological polar surface area (TPSA) is 26.3 Å². The highest BCUT2D eigenvalue weighted by molar-refractivity contribution is 14.1. The summed E-state index contributed by atoms with van der Waals surface area (Å²) in [5, 5.41) is 0. The zero-order chi connectivity index (χ0) is 11.4. The first kappa shape index (κ1) is 11.1. The van der Waals surface area contributed by atoms with Gasteiger partial charge in [0.25, 0.3) is 0 Å². The third kappa shape index (κ3) is 2.82. The molecule has 3 heteroatoms. The Morgan fingerprint density at radius 1 is 0.938 bits per heavy atom. The molecule has 80 valence electrons. The van der Waals surface area contributed by atoms with Gasteiger partial charge in [0.1, 0.15) is 5.75 Å². The molecule has 0 aromatic heterocycles. The monoisotopic (exact) mass is 324 g/mol. The van der Waals surface area contributed by atoms with Crippen molar-refractivity contribution < 1.29 is 9.53 Å². The molecule has 0 radical (unpaired) electrons. The van der Waals surface area contributed by atoms with Gasteiger partial charge in [-0.25, -0.2) is 4.79 Å². The molecule has 2 aromatic carbocycles. The zero-order valence-electron chi connectivity index (χ0n) is 8.39. The standard InChI is InChI=1S/C13H9IO2/c14-11-6-8-12(9-7-11)16-13(15)10-4-2-1-3-5-10/h1-9H. The fourth-order valence-corrected chi connectivity index (χ4v) is 1.60. The van der Waals surface area contributed by atoms with Gasteiger partial charge in [-0.05, 0) is 59.0 Å². The van der Waals surface area contributed by atoms with Crippen LogP contribution >= 0.6 is 22.6 Å². The lowest BCUT2D eigenvalue weighted by molar-refractivity contribution is 0.0735. The van der Waals surface area contributed by atoms with Gasteiger partial charge in [-0.2, -0.15) is 0 Å². The molecule has 0 aliphatic carbocycles. The maximum atomic E-state index is 11.7. The van der Waals surface area contributed by atoms with Crippen molar-refractivity contribution in [2.45, 2.75) is 0 Å². The molecule has 0 aliphatic heterocycles. The number of esters is 1. The van der Waals surface area contributed by atoms with Crippen LogP contribution < -0.4 is 4.74 Å². The molecule has 0 saturated carbocycles. The van der Waals surface area contributed by atoms with Gasteiger partial charge in [0.15, 0.2) is 0 Å². The average Bonchev–Trinajstić information content (AvgIpc) is 2.33. The van der Waals surface area contributed by atoms with E-state index in [1.807, 2.05) is 30.3 Å². The van der Waals surface area contributed by atoms with Crippen LogP contribution in [0, 0.1) is 3.57 Å². The van der Waals surface area contributed by atoms with E-state index in [1.165, 1.54) is 0 Å². The van der Waals surface area contributed by atoms with Gasteiger partial charge in [-0.1, -0.05) is 18.2 Å². The van der Waals surface area contributed by atoms with Crippen molar-refractivity contribution in [2.75, 3.05) is 0 Å². The molecule has 0 heterocycles. The maximum absolute atomic E-state index is 11.7. The predicted octanol–water partition coefficient (Wildman–Crippen LogP) is 3.51. The highest BCUT2D eigenvalue weighted by Crippen LogP contribution is 2.15. The molecular weight excluding hydrogens is 315 g/mol. The van der Waals surface area contributed by atoms with Crippen LogP contribution in [0.15, 0.2) is 54.6 Å². The Morgan fingerprint density at radius 3 is 2.19 bits per heavy atom. The van der Waals surface area contributed by atoms with E-state index < -0.39 is 0 Å². The molecule has 2 aromatic rings. The number of hydrogen-bond acceptors (Lipinski definition) is 2. The third-order valence-electron chi connectivity index (χ3n) is 2.03. The van der Waals surface area contributed by atoms with Gasteiger partial charge < -0.3 is 4.74 Å². The van der Waals surface area contributed by atoms with Crippen molar-refractivity contribution >= 4 is 28.6 Å². The van der Waals surface area contributed by atoms with Gasteiger partial charge in [0.05, 0.1) is 5.56 Å². The SMILES string of the molecule is O=C(Oc1ccc(I)cc1)c1ccccc1. The van der Waals surface area contributed by atoms with Crippen molar-refractivity contribution in [3.05, 3.63) is 63.7 Å². The summed E-state index contributed by atoms with van der Waals surface area (Å²) in [6.45, 7) is 0. The van der Waals surface area contributed by atoms with Crippen LogP contribution in [0.2, 0.25) is 0 Å². The van der Waals surface area contributed by atoms with Crippen LogP contribution in [-0.4, -0.2) is 5.97 Å². The molecule has 2 rings (SSSR count). The van der Waals surface area contributed by atoms with Gasteiger partial charge in [0.2, 0.25) is 0 Å². The normalized spacial score (nSPS) is 9.81. The van der Waals surface area contributed by atoms with Crippen LogP contribution in [0.25, 0.3) is 0 Å². The Morgan fingerprint density at radius 2 is 1.56 bits per heavy atom. The van der Waals surface area contributed by atoms with E-state index >= 15 is 0 Å².